The van der Waals surface area contributed by atoms with Crippen LogP contribution in [0.15, 0.2) is 36.4 Å². The van der Waals surface area contributed by atoms with Gasteiger partial charge in [0.1, 0.15) is 0 Å². The van der Waals surface area contributed by atoms with E-state index in [1.165, 1.54) is 24.3 Å². The maximum absolute atomic E-state index is 12.6. The van der Waals surface area contributed by atoms with E-state index in [9.17, 15) is 19.7 Å². The van der Waals surface area contributed by atoms with Gasteiger partial charge in [-0.2, -0.15) is 0 Å². The van der Waals surface area contributed by atoms with Crippen molar-refractivity contribution >= 4 is 52.1 Å². The van der Waals surface area contributed by atoms with Gasteiger partial charge in [-0.15, -0.1) is 0 Å². The Morgan fingerprint density at radius 1 is 1.17 bits per heavy atom. The first-order chi connectivity index (χ1) is 14.3. The average molecular weight is 454 g/mol. The van der Waals surface area contributed by atoms with Crippen molar-refractivity contribution in [2.45, 2.75) is 0 Å². The zero-order chi connectivity index (χ0) is 21.7. The molecule has 0 radical (unpaired) electrons. The van der Waals surface area contributed by atoms with E-state index < -0.39 is 23.4 Å². The Kier molecular flexibility index (Phi) is 7.09. The van der Waals surface area contributed by atoms with Crippen LogP contribution in [0.25, 0.3) is 0 Å². The summed E-state index contributed by atoms with van der Waals surface area (Å²) in [6.45, 7) is 1.37. The molecule has 9 nitrogen and oxygen atoms in total. The highest BCUT2D eigenvalue weighted by Gasteiger charge is 2.23. The third-order valence-electron chi connectivity index (χ3n) is 4.30. The third kappa shape index (κ3) is 5.38. The number of ether oxygens (including phenoxy) is 2. The van der Waals surface area contributed by atoms with Crippen LogP contribution in [0.5, 0.6) is 0 Å². The van der Waals surface area contributed by atoms with Crippen LogP contribution in [0.4, 0.5) is 17.1 Å². The van der Waals surface area contributed by atoms with E-state index in [-0.39, 0.29) is 22.0 Å². The van der Waals surface area contributed by atoms with Gasteiger partial charge in [0.2, 0.25) is 0 Å². The molecule has 0 saturated carbocycles. The molecule has 0 bridgehead atoms. The van der Waals surface area contributed by atoms with Crippen LogP contribution < -0.4 is 10.2 Å². The van der Waals surface area contributed by atoms with Crippen LogP contribution in [0.1, 0.15) is 10.4 Å². The molecule has 1 aliphatic rings. The molecule has 158 valence electrons. The van der Waals surface area contributed by atoms with Crippen molar-refractivity contribution in [1.82, 2.24) is 0 Å². The van der Waals surface area contributed by atoms with E-state index in [4.69, 9.17) is 32.7 Å². The van der Waals surface area contributed by atoms with Gasteiger partial charge in [0, 0.05) is 30.2 Å². The van der Waals surface area contributed by atoms with Crippen LogP contribution >= 0.6 is 23.2 Å². The van der Waals surface area contributed by atoms with Gasteiger partial charge >= 0.3 is 5.97 Å². The lowest BCUT2D eigenvalue weighted by atomic mass is 10.1. The number of benzene rings is 2. The number of non-ortho nitro benzene ring substituents is 1. The molecule has 0 spiro atoms. The summed E-state index contributed by atoms with van der Waals surface area (Å²) < 4.78 is 10.4. The number of esters is 1. The number of nitro groups is 1. The van der Waals surface area contributed by atoms with Gasteiger partial charge in [0.25, 0.3) is 11.6 Å². The Labute approximate surface area is 181 Å². The topological polar surface area (TPSA) is 111 Å². The number of morpholine rings is 1. The Balaban J connectivity index is 1.73. The Hall–Kier alpha value is -2.88. The number of nitrogens with one attached hydrogen (secondary N) is 1. The van der Waals surface area contributed by atoms with Crippen LogP contribution in [-0.2, 0) is 14.3 Å². The number of halogens is 2. The van der Waals surface area contributed by atoms with Crippen molar-refractivity contribution in [3.63, 3.8) is 0 Å². The number of nitrogens with zero attached hydrogens (tertiary/aromatic N) is 2. The summed E-state index contributed by atoms with van der Waals surface area (Å²) in [5.74, 6) is -1.49. The fourth-order valence-corrected chi connectivity index (χ4v) is 3.21. The second-order valence-corrected chi connectivity index (χ2v) is 7.15. The molecule has 1 fully saturated rings. The molecule has 2 aromatic carbocycles. The number of hydrogen-bond donors (Lipinski definition) is 1. The zero-order valence-electron chi connectivity index (χ0n) is 15.6. The minimum atomic E-state index is -0.854. The van der Waals surface area contributed by atoms with Gasteiger partial charge in [-0.05, 0) is 24.3 Å². The summed E-state index contributed by atoms with van der Waals surface area (Å²) in [5.41, 5.74) is 0.496. The number of hydrogen-bond acceptors (Lipinski definition) is 7. The van der Waals surface area contributed by atoms with Crippen molar-refractivity contribution in [3.8, 4) is 0 Å². The number of amides is 1. The lowest BCUT2D eigenvalue weighted by Gasteiger charge is -2.30. The number of nitro benzene ring substituents is 1. The molecule has 0 aliphatic carbocycles. The van der Waals surface area contributed by atoms with E-state index in [1.54, 1.807) is 6.07 Å². The fraction of sp³-hybridized carbons (Fsp3) is 0.263. The van der Waals surface area contributed by atoms with Crippen LogP contribution in [0, 0.1) is 10.1 Å². The second kappa shape index (κ2) is 9.75. The van der Waals surface area contributed by atoms with Crippen LogP contribution in [-0.4, -0.2) is 49.7 Å². The summed E-state index contributed by atoms with van der Waals surface area (Å²) in [5, 5.41) is 14.3. The molecule has 1 aliphatic heterocycles. The van der Waals surface area contributed by atoms with Gasteiger partial charge in [0.05, 0.1) is 40.1 Å². The third-order valence-corrected chi connectivity index (χ3v) is 4.86. The zero-order valence-corrected chi connectivity index (χ0v) is 17.1. The monoisotopic (exact) mass is 453 g/mol. The number of carbonyl (C=O) groups excluding carboxylic acids is 2. The van der Waals surface area contributed by atoms with Gasteiger partial charge in [-0.3, -0.25) is 14.9 Å². The maximum Gasteiger partial charge on any atom is 0.341 e. The molecule has 1 heterocycles. The molecular weight excluding hydrogens is 437 g/mol. The molecule has 30 heavy (non-hydrogen) atoms. The first-order valence-corrected chi connectivity index (χ1v) is 9.64. The normalized spacial score (nSPS) is 13.6. The molecule has 0 aromatic heterocycles. The van der Waals surface area contributed by atoms with Gasteiger partial charge in [0.15, 0.2) is 6.61 Å². The van der Waals surface area contributed by atoms with Gasteiger partial charge in [-0.25, -0.2) is 4.79 Å². The lowest BCUT2D eigenvalue weighted by Crippen LogP contribution is -2.37. The number of carbonyl (C=O) groups is 2. The number of rotatable bonds is 6. The minimum Gasteiger partial charge on any atom is -0.452 e. The van der Waals surface area contributed by atoms with Crippen LogP contribution in [0.2, 0.25) is 10.0 Å². The van der Waals surface area contributed by atoms with Crippen LogP contribution in [0.3, 0.4) is 0 Å². The molecule has 0 unspecified atom stereocenters. The standard InChI is InChI=1S/C19H17Cl2N3O6/c20-12-1-3-15(21)16(9-12)22-18(25)11-30-19(26)14-10-13(24(27)28)2-4-17(14)23-5-7-29-8-6-23/h1-4,9-10H,5-8,11H2,(H,22,25). The summed E-state index contributed by atoms with van der Waals surface area (Å²) in [7, 11) is 0. The summed E-state index contributed by atoms with van der Waals surface area (Å²) in [4.78, 5) is 37.2. The smallest absolute Gasteiger partial charge is 0.341 e. The van der Waals surface area contributed by atoms with Crippen molar-refractivity contribution in [3.05, 3.63) is 62.1 Å². The Morgan fingerprint density at radius 3 is 2.60 bits per heavy atom. The van der Waals surface area contributed by atoms with E-state index in [0.29, 0.717) is 37.0 Å². The molecule has 3 rings (SSSR count). The summed E-state index contributed by atoms with van der Waals surface area (Å²) in [6, 6.07) is 8.49. The summed E-state index contributed by atoms with van der Waals surface area (Å²) in [6.07, 6.45) is 0. The summed E-state index contributed by atoms with van der Waals surface area (Å²) >= 11 is 11.9. The molecular formula is C19H17Cl2N3O6. The van der Waals surface area contributed by atoms with E-state index >= 15 is 0 Å². The highest BCUT2D eigenvalue weighted by Crippen LogP contribution is 2.28. The fourth-order valence-electron chi connectivity index (χ4n) is 2.87. The van der Waals surface area contributed by atoms with Crippen molar-refractivity contribution in [2.75, 3.05) is 43.1 Å². The maximum atomic E-state index is 12.6. The molecule has 2 aromatic rings. The quantitative estimate of drug-likeness (QED) is 0.404. The SMILES string of the molecule is O=C(COC(=O)c1cc([N+](=O)[O-])ccc1N1CCOCC1)Nc1cc(Cl)ccc1Cl. The highest BCUT2D eigenvalue weighted by atomic mass is 35.5. The molecule has 1 saturated heterocycles. The highest BCUT2D eigenvalue weighted by molar-refractivity contribution is 6.35. The van der Waals surface area contributed by atoms with Gasteiger partial charge in [-0.1, -0.05) is 23.2 Å². The second-order valence-electron chi connectivity index (χ2n) is 6.31. The molecule has 0 atom stereocenters. The minimum absolute atomic E-state index is 0.000289. The molecule has 1 N–H and O–H groups in total. The predicted octanol–water partition coefficient (Wildman–Crippen LogP) is 3.53. The molecule has 11 heteroatoms. The van der Waals surface area contributed by atoms with Crippen molar-refractivity contribution in [1.29, 1.82) is 0 Å². The van der Waals surface area contributed by atoms with E-state index in [1.807, 2.05) is 4.90 Å². The van der Waals surface area contributed by atoms with E-state index in [2.05, 4.69) is 5.32 Å². The average Bonchev–Trinajstić information content (AvgIpc) is 2.74. The largest absolute Gasteiger partial charge is 0.452 e. The number of anilines is 2. The predicted molar refractivity (Wildman–Crippen MR) is 112 cm³/mol. The van der Waals surface area contributed by atoms with E-state index in [0.717, 1.165) is 6.07 Å². The molecule has 1 amide bonds. The Morgan fingerprint density at radius 2 is 1.90 bits per heavy atom. The first-order valence-electron chi connectivity index (χ1n) is 8.88. The lowest BCUT2D eigenvalue weighted by molar-refractivity contribution is -0.384. The Bertz CT molecular complexity index is 979. The first kappa shape index (κ1) is 21.8. The van der Waals surface area contributed by atoms with Gasteiger partial charge < -0.3 is 19.7 Å². The van der Waals surface area contributed by atoms with Crippen molar-refractivity contribution < 1.29 is 24.0 Å². The van der Waals surface area contributed by atoms with Crippen molar-refractivity contribution in [2.24, 2.45) is 0 Å².